The van der Waals surface area contributed by atoms with Gasteiger partial charge in [-0.15, -0.1) is 0 Å². The molecule has 0 atom stereocenters. The summed E-state index contributed by atoms with van der Waals surface area (Å²) >= 11 is 0. The summed E-state index contributed by atoms with van der Waals surface area (Å²) in [6.45, 7) is 15.8. The lowest BCUT2D eigenvalue weighted by Crippen LogP contribution is -2.31. The number of carbonyl (C=O) groups excluding carboxylic acids is 2. The molecule has 0 saturated carbocycles. The summed E-state index contributed by atoms with van der Waals surface area (Å²) in [4.78, 5) is 22.3. The molecule has 0 radical (unpaired) electrons. The molecule has 5 N–H and O–H groups in total. The predicted octanol–water partition coefficient (Wildman–Crippen LogP) is 2.44. The minimum absolute atomic E-state index is 0.0721. The zero-order valence-corrected chi connectivity index (χ0v) is 20.3. The van der Waals surface area contributed by atoms with Crippen molar-refractivity contribution in [2.45, 2.75) is 79.6 Å². The van der Waals surface area contributed by atoms with Crippen molar-refractivity contribution >= 4 is 11.8 Å². The van der Waals surface area contributed by atoms with Gasteiger partial charge in [0.25, 0.3) is 0 Å². The number of hydrogen-bond acceptors (Lipinski definition) is 5. The molecule has 7 nitrogen and oxygen atoms in total. The van der Waals surface area contributed by atoms with E-state index in [1.54, 1.807) is 0 Å². The van der Waals surface area contributed by atoms with Crippen molar-refractivity contribution in [3.05, 3.63) is 0 Å². The molecule has 0 spiro atoms. The van der Waals surface area contributed by atoms with Crippen molar-refractivity contribution in [2.24, 2.45) is 11.8 Å². The highest BCUT2D eigenvalue weighted by Gasteiger charge is 2.05. The van der Waals surface area contributed by atoms with Gasteiger partial charge in [0.05, 0.1) is 0 Å². The van der Waals surface area contributed by atoms with Crippen molar-refractivity contribution in [3.63, 3.8) is 0 Å². The van der Waals surface area contributed by atoms with E-state index in [9.17, 15) is 9.59 Å². The zero-order valence-electron chi connectivity index (χ0n) is 20.3. The summed E-state index contributed by atoms with van der Waals surface area (Å²) in [6, 6.07) is 0. The van der Waals surface area contributed by atoms with Crippen LogP contribution in [-0.2, 0) is 9.59 Å². The first-order valence-corrected chi connectivity index (χ1v) is 11.9. The number of rotatable bonds is 18. The molecule has 0 bridgehead atoms. The second-order valence-electron chi connectivity index (χ2n) is 8.24. The third-order valence-electron chi connectivity index (χ3n) is 4.43. The number of carbonyl (C=O) groups is 2. The van der Waals surface area contributed by atoms with Gasteiger partial charge in [0.2, 0.25) is 11.8 Å². The van der Waals surface area contributed by atoms with E-state index in [-0.39, 0.29) is 30.3 Å². The standard InChI is InChI=1S/C14H31N3O.C9H19NO2/c1-4-5-8-15-9-6-10-16-11-7-12-17-14(18)13(2)3;1-8(2)9(12)10-6-4-3-5-7-11/h13,15-16H,4-12H2,1-3H3,(H,17,18);8,11H,3-7H2,1-2H3,(H,10,12). The van der Waals surface area contributed by atoms with Gasteiger partial charge in [0, 0.05) is 31.5 Å². The molecule has 0 rings (SSSR count). The maximum absolute atomic E-state index is 11.3. The van der Waals surface area contributed by atoms with Gasteiger partial charge in [-0.2, -0.15) is 0 Å². The van der Waals surface area contributed by atoms with E-state index in [2.05, 4.69) is 28.2 Å². The molecule has 180 valence electrons. The fraction of sp³-hybridized carbons (Fsp3) is 0.913. The molecule has 0 heterocycles. The van der Waals surface area contributed by atoms with E-state index < -0.39 is 0 Å². The summed E-state index contributed by atoms with van der Waals surface area (Å²) in [7, 11) is 0. The van der Waals surface area contributed by atoms with Crippen LogP contribution in [0.2, 0.25) is 0 Å². The third kappa shape index (κ3) is 24.9. The van der Waals surface area contributed by atoms with Crippen LogP contribution in [0.25, 0.3) is 0 Å². The van der Waals surface area contributed by atoms with Gasteiger partial charge >= 0.3 is 0 Å². The average molecular weight is 431 g/mol. The number of amides is 2. The fourth-order valence-electron chi connectivity index (χ4n) is 2.35. The Morgan fingerprint density at radius 1 is 0.633 bits per heavy atom. The lowest BCUT2D eigenvalue weighted by Gasteiger charge is -2.08. The molecule has 0 saturated heterocycles. The number of aliphatic hydroxyl groups is 1. The molecule has 0 aliphatic heterocycles. The minimum Gasteiger partial charge on any atom is -0.396 e. The highest BCUT2D eigenvalue weighted by molar-refractivity contribution is 5.78. The number of aliphatic hydroxyl groups excluding tert-OH is 1. The molecule has 7 heteroatoms. The molecular formula is C23H50N4O3. The second kappa shape index (κ2) is 24.1. The van der Waals surface area contributed by atoms with Gasteiger partial charge < -0.3 is 26.4 Å². The van der Waals surface area contributed by atoms with Gasteiger partial charge in [-0.3, -0.25) is 9.59 Å². The van der Waals surface area contributed by atoms with Crippen LogP contribution in [0.4, 0.5) is 0 Å². The summed E-state index contributed by atoms with van der Waals surface area (Å²) < 4.78 is 0. The quantitative estimate of drug-likeness (QED) is 0.215. The van der Waals surface area contributed by atoms with Crippen LogP contribution < -0.4 is 21.3 Å². The van der Waals surface area contributed by atoms with Gasteiger partial charge in [-0.1, -0.05) is 41.0 Å². The lowest BCUT2D eigenvalue weighted by atomic mass is 10.2. The second-order valence-corrected chi connectivity index (χ2v) is 8.24. The van der Waals surface area contributed by atoms with Gasteiger partial charge in [-0.25, -0.2) is 0 Å². The summed E-state index contributed by atoms with van der Waals surface area (Å²) in [6.07, 6.45) is 7.46. The predicted molar refractivity (Wildman–Crippen MR) is 127 cm³/mol. The normalized spacial score (nSPS) is 10.7. The first-order valence-electron chi connectivity index (χ1n) is 11.9. The van der Waals surface area contributed by atoms with Crippen LogP contribution in [0, 0.1) is 11.8 Å². The molecule has 0 aromatic rings. The Hall–Kier alpha value is -1.18. The van der Waals surface area contributed by atoms with Gasteiger partial charge in [0.1, 0.15) is 0 Å². The Labute approximate surface area is 185 Å². The Morgan fingerprint density at radius 3 is 1.50 bits per heavy atom. The van der Waals surface area contributed by atoms with Crippen LogP contribution in [0.5, 0.6) is 0 Å². The summed E-state index contributed by atoms with van der Waals surface area (Å²) in [5.74, 6) is 0.420. The molecule has 0 aliphatic carbocycles. The summed E-state index contributed by atoms with van der Waals surface area (Å²) in [5, 5.41) is 21.0. The average Bonchev–Trinajstić information content (AvgIpc) is 2.71. The topological polar surface area (TPSA) is 102 Å². The van der Waals surface area contributed by atoms with Crippen LogP contribution in [0.1, 0.15) is 79.6 Å². The highest BCUT2D eigenvalue weighted by atomic mass is 16.3. The maximum atomic E-state index is 11.3. The van der Waals surface area contributed by atoms with Crippen molar-refractivity contribution in [1.82, 2.24) is 21.3 Å². The first-order chi connectivity index (χ1) is 14.4. The van der Waals surface area contributed by atoms with Crippen molar-refractivity contribution in [1.29, 1.82) is 0 Å². The molecule has 0 aromatic carbocycles. The smallest absolute Gasteiger partial charge is 0.222 e. The van der Waals surface area contributed by atoms with E-state index in [0.717, 1.165) is 65.0 Å². The lowest BCUT2D eigenvalue weighted by molar-refractivity contribution is -0.124. The molecule has 0 aliphatic rings. The van der Waals surface area contributed by atoms with E-state index in [4.69, 9.17) is 5.11 Å². The number of nitrogens with one attached hydrogen (secondary N) is 4. The van der Waals surface area contributed by atoms with E-state index in [1.165, 1.54) is 19.3 Å². The Balaban J connectivity index is 0. The van der Waals surface area contributed by atoms with Crippen LogP contribution in [0.15, 0.2) is 0 Å². The fourth-order valence-corrected chi connectivity index (χ4v) is 2.35. The Bertz CT molecular complexity index is 391. The molecule has 0 fully saturated rings. The van der Waals surface area contributed by atoms with Crippen LogP contribution >= 0.6 is 0 Å². The third-order valence-corrected chi connectivity index (χ3v) is 4.43. The number of unbranched alkanes of at least 4 members (excludes halogenated alkanes) is 3. The molecule has 0 unspecified atom stereocenters. The van der Waals surface area contributed by atoms with E-state index >= 15 is 0 Å². The minimum atomic E-state index is 0.0721. The number of hydrogen-bond donors (Lipinski definition) is 5. The van der Waals surface area contributed by atoms with E-state index in [1.807, 2.05) is 27.7 Å². The largest absolute Gasteiger partial charge is 0.396 e. The molecule has 30 heavy (non-hydrogen) atoms. The van der Waals surface area contributed by atoms with Crippen molar-refractivity contribution < 1.29 is 14.7 Å². The van der Waals surface area contributed by atoms with Crippen molar-refractivity contribution in [3.8, 4) is 0 Å². The maximum Gasteiger partial charge on any atom is 0.222 e. The molecular weight excluding hydrogens is 380 g/mol. The summed E-state index contributed by atoms with van der Waals surface area (Å²) in [5.41, 5.74) is 0. The first kappa shape index (κ1) is 31.0. The Morgan fingerprint density at radius 2 is 1.07 bits per heavy atom. The Kier molecular flexibility index (Phi) is 24.9. The highest BCUT2D eigenvalue weighted by Crippen LogP contribution is 1.94. The monoisotopic (exact) mass is 430 g/mol. The molecule has 0 aromatic heterocycles. The van der Waals surface area contributed by atoms with E-state index in [0.29, 0.717) is 0 Å². The van der Waals surface area contributed by atoms with Crippen molar-refractivity contribution in [2.75, 3.05) is 45.9 Å². The zero-order chi connectivity index (χ0) is 23.0. The van der Waals surface area contributed by atoms with Gasteiger partial charge in [-0.05, 0) is 64.7 Å². The van der Waals surface area contributed by atoms with Crippen LogP contribution in [-0.4, -0.2) is 62.8 Å². The van der Waals surface area contributed by atoms with Gasteiger partial charge in [0.15, 0.2) is 0 Å². The SMILES string of the molecule is CC(C)C(=O)NCCCCCO.CCCCNCCCNCCCNC(=O)C(C)C. The molecule has 2 amide bonds. The van der Waals surface area contributed by atoms with Crippen LogP contribution in [0.3, 0.4) is 0 Å².